The number of hydrogen-bond acceptors (Lipinski definition) is 2. The van der Waals surface area contributed by atoms with Gasteiger partial charge in [-0.05, 0) is 56.5 Å². The fraction of sp³-hybridized carbons (Fsp3) is 0.600. The molecule has 0 aromatic heterocycles. The highest BCUT2D eigenvalue weighted by Gasteiger charge is 2.38. The zero-order chi connectivity index (χ0) is 14.0. The van der Waals surface area contributed by atoms with Gasteiger partial charge in [0.1, 0.15) is 5.75 Å². The van der Waals surface area contributed by atoms with Crippen LogP contribution >= 0.6 is 0 Å². The smallest absolute Gasteiger partial charge is 0.278 e. The molecule has 1 aliphatic heterocycles. The summed E-state index contributed by atoms with van der Waals surface area (Å²) >= 11 is 0. The van der Waals surface area contributed by atoms with E-state index >= 15 is 0 Å². The maximum Gasteiger partial charge on any atom is 0.278 e. The molecule has 106 valence electrons. The highest BCUT2D eigenvalue weighted by molar-refractivity contribution is 5.44. The fourth-order valence-electron chi connectivity index (χ4n) is 2.59. The molecule has 2 nitrogen and oxygen atoms in total. The van der Waals surface area contributed by atoms with Gasteiger partial charge in [-0.25, -0.2) is 8.78 Å². The molecule has 1 aromatic rings. The van der Waals surface area contributed by atoms with E-state index in [0.717, 1.165) is 30.5 Å². The first kappa shape index (κ1) is 14.3. The van der Waals surface area contributed by atoms with Crippen LogP contribution in [0.1, 0.15) is 36.0 Å². The second-order valence-corrected chi connectivity index (χ2v) is 5.34. The van der Waals surface area contributed by atoms with Crippen LogP contribution in [0.15, 0.2) is 12.1 Å². The Morgan fingerprint density at radius 3 is 2.58 bits per heavy atom. The third-order valence-electron chi connectivity index (χ3n) is 3.88. The van der Waals surface area contributed by atoms with E-state index in [1.54, 1.807) is 12.1 Å². The topological polar surface area (TPSA) is 21.3 Å². The molecule has 0 saturated carbocycles. The average molecular weight is 269 g/mol. The van der Waals surface area contributed by atoms with Crippen molar-refractivity contribution in [1.82, 2.24) is 5.32 Å². The summed E-state index contributed by atoms with van der Waals surface area (Å²) in [6, 6.07) is 3.16. The lowest BCUT2D eigenvalue weighted by molar-refractivity contribution is -0.0233. The normalized spacial score (nSPS) is 19.7. The molecule has 1 aliphatic rings. The van der Waals surface area contributed by atoms with E-state index in [2.05, 4.69) is 5.32 Å². The first-order valence-corrected chi connectivity index (χ1v) is 6.71. The van der Waals surface area contributed by atoms with Crippen molar-refractivity contribution in [2.24, 2.45) is 0 Å². The Kier molecular flexibility index (Phi) is 4.09. The van der Waals surface area contributed by atoms with Gasteiger partial charge in [-0.2, -0.15) is 0 Å². The monoisotopic (exact) mass is 269 g/mol. The molecule has 1 aromatic carbocycles. The third-order valence-corrected chi connectivity index (χ3v) is 3.88. The second kappa shape index (κ2) is 5.45. The standard InChI is InChI=1S/C15H21F2NO/c1-10-7-13(14(19-3)8-11(10)2)15(16,17)9-12-5-4-6-18-12/h7-8,12,18H,4-6,9H2,1-3H3. The van der Waals surface area contributed by atoms with Crippen molar-refractivity contribution in [3.05, 3.63) is 28.8 Å². The van der Waals surface area contributed by atoms with Crippen molar-refractivity contribution in [2.45, 2.75) is 45.1 Å². The van der Waals surface area contributed by atoms with Gasteiger partial charge < -0.3 is 10.1 Å². The van der Waals surface area contributed by atoms with E-state index in [-0.39, 0.29) is 23.8 Å². The van der Waals surface area contributed by atoms with Crippen molar-refractivity contribution in [1.29, 1.82) is 0 Å². The van der Waals surface area contributed by atoms with Crippen LogP contribution in [0.5, 0.6) is 5.75 Å². The van der Waals surface area contributed by atoms with Crippen LogP contribution in [-0.4, -0.2) is 19.7 Å². The molecule has 2 rings (SSSR count). The van der Waals surface area contributed by atoms with Gasteiger partial charge in [0.15, 0.2) is 0 Å². The number of halogens is 2. The SMILES string of the molecule is COc1cc(C)c(C)cc1C(F)(F)CC1CCCN1. The largest absolute Gasteiger partial charge is 0.496 e. The Morgan fingerprint density at radius 1 is 1.32 bits per heavy atom. The number of ether oxygens (including phenoxy) is 1. The molecule has 1 saturated heterocycles. The van der Waals surface area contributed by atoms with Crippen LogP contribution in [0.3, 0.4) is 0 Å². The van der Waals surface area contributed by atoms with Crippen LogP contribution in [0.4, 0.5) is 8.78 Å². The van der Waals surface area contributed by atoms with E-state index in [1.165, 1.54) is 7.11 Å². The molecule has 1 heterocycles. The molecule has 0 bridgehead atoms. The molecule has 0 amide bonds. The minimum atomic E-state index is -2.86. The zero-order valence-corrected chi connectivity index (χ0v) is 11.7. The highest BCUT2D eigenvalue weighted by Crippen LogP contribution is 2.40. The Morgan fingerprint density at radius 2 is 2.00 bits per heavy atom. The van der Waals surface area contributed by atoms with Crippen LogP contribution < -0.4 is 10.1 Å². The molecule has 1 fully saturated rings. The van der Waals surface area contributed by atoms with Crippen LogP contribution in [-0.2, 0) is 5.92 Å². The lowest BCUT2D eigenvalue weighted by atomic mass is 9.95. The van der Waals surface area contributed by atoms with Crippen molar-refractivity contribution in [3.63, 3.8) is 0 Å². The van der Waals surface area contributed by atoms with Gasteiger partial charge in [-0.3, -0.25) is 0 Å². The van der Waals surface area contributed by atoms with Gasteiger partial charge in [-0.15, -0.1) is 0 Å². The van der Waals surface area contributed by atoms with Gasteiger partial charge in [0, 0.05) is 12.5 Å². The number of aryl methyl sites for hydroxylation is 2. The number of methoxy groups -OCH3 is 1. The lowest BCUT2D eigenvalue weighted by Crippen LogP contribution is -2.29. The summed E-state index contributed by atoms with van der Waals surface area (Å²) in [5.74, 6) is -2.57. The summed E-state index contributed by atoms with van der Waals surface area (Å²) in [6.07, 6.45) is 1.64. The van der Waals surface area contributed by atoms with Crippen molar-refractivity contribution < 1.29 is 13.5 Å². The maximum absolute atomic E-state index is 14.4. The molecular formula is C15H21F2NO. The minimum Gasteiger partial charge on any atom is -0.496 e. The summed E-state index contributed by atoms with van der Waals surface area (Å²) in [5, 5.41) is 3.13. The second-order valence-electron chi connectivity index (χ2n) is 5.34. The molecule has 0 radical (unpaired) electrons. The van der Waals surface area contributed by atoms with E-state index in [4.69, 9.17) is 4.74 Å². The van der Waals surface area contributed by atoms with Gasteiger partial charge >= 0.3 is 0 Å². The quantitative estimate of drug-likeness (QED) is 0.902. The lowest BCUT2D eigenvalue weighted by Gasteiger charge is -2.23. The van der Waals surface area contributed by atoms with Gasteiger partial charge in [0.2, 0.25) is 0 Å². The summed E-state index contributed by atoms with van der Waals surface area (Å²) in [5.41, 5.74) is 1.84. The summed E-state index contributed by atoms with van der Waals surface area (Å²) in [4.78, 5) is 0. The van der Waals surface area contributed by atoms with E-state index in [9.17, 15) is 8.78 Å². The van der Waals surface area contributed by atoms with Gasteiger partial charge in [-0.1, -0.05) is 0 Å². The van der Waals surface area contributed by atoms with E-state index < -0.39 is 5.92 Å². The fourth-order valence-corrected chi connectivity index (χ4v) is 2.59. The third kappa shape index (κ3) is 3.06. The van der Waals surface area contributed by atoms with Gasteiger partial charge in [0.25, 0.3) is 5.92 Å². The Hall–Kier alpha value is -1.16. The van der Waals surface area contributed by atoms with Crippen molar-refractivity contribution in [3.8, 4) is 5.75 Å². The first-order valence-electron chi connectivity index (χ1n) is 6.71. The Balaban J connectivity index is 2.29. The summed E-state index contributed by atoms with van der Waals surface area (Å²) in [7, 11) is 1.44. The van der Waals surface area contributed by atoms with Crippen LogP contribution in [0, 0.1) is 13.8 Å². The number of alkyl halides is 2. The number of nitrogens with one attached hydrogen (secondary N) is 1. The van der Waals surface area contributed by atoms with E-state index in [1.807, 2.05) is 13.8 Å². The Bertz CT molecular complexity index is 454. The van der Waals surface area contributed by atoms with Crippen LogP contribution in [0.2, 0.25) is 0 Å². The molecule has 4 heteroatoms. The maximum atomic E-state index is 14.4. The zero-order valence-electron chi connectivity index (χ0n) is 11.7. The van der Waals surface area contributed by atoms with Crippen LogP contribution in [0.25, 0.3) is 0 Å². The van der Waals surface area contributed by atoms with Crippen molar-refractivity contribution >= 4 is 0 Å². The number of benzene rings is 1. The average Bonchev–Trinajstić information content (AvgIpc) is 2.84. The minimum absolute atomic E-state index is 0.00630. The molecule has 1 N–H and O–H groups in total. The number of hydrogen-bond donors (Lipinski definition) is 1. The molecular weight excluding hydrogens is 248 g/mol. The molecule has 19 heavy (non-hydrogen) atoms. The van der Waals surface area contributed by atoms with Gasteiger partial charge in [0.05, 0.1) is 12.7 Å². The highest BCUT2D eigenvalue weighted by atomic mass is 19.3. The first-order chi connectivity index (χ1) is 8.94. The molecule has 0 aliphatic carbocycles. The summed E-state index contributed by atoms with van der Waals surface area (Å²) in [6.45, 7) is 4.59. The molecule has 1 atom stereocenters. The van der Waals surface area contributed by atoms with E-state index in [0.29, 0.717) is 0 Å². The Labute approximate surface area is 113 Å². The number of rotatable bonds is 4. The molecule has 0 spiro atoms. The van der Waals surface area contributed by atoms with Crippen molar-refractivity contribution in [2.75, 3.05) is 13.7 Å². The predicted molar refractivity (Wildman–Crippen MR) is 72.0 cm³/mol. The molecule has 1 unspecified atom stereocenters. The predicted octanol–water partition coefficient (Wildman–Crippen LogP) is 3.55. The summed E-state index contributed by atoms with van der Waals surface area (Å²) < 4.78 is 34.0.